The number of fused-ring (bicyclic) bond motifs is 3. The van der Waals surface area contributed by atoms with E-state index in [9.17, 15) is 44.4 Å². The summed E-state index contributed by atoms with van der Waals surface area (Å²) in [6, 6.07) is 10.1. The van der Waals surface area contributed by atoms with Crippen molar-refractivity contribution in [2.45, 2.75) is 112 Å². The van der Waals surface area contributed by atoms with Crippen molar-refractivity contribution in [2.75, 3.05) is 50.1 Å². The molecule has 9 N–H and O–H groups in total. The van der Waals surface area contributed by atoms with Gasteiger partial charge in [0, 0.05) is 135 Å². The molecule has 0 radical (unpaired) electrons. The second-order valence-corrected chi connectivity index (χ2v) is 22.7. The van der Waals surface area contributed by atoms with Crippen LogP contribution in [0.25, 0.3) is 49.6 Å². The van der Waals surface area contributed by atoms with Gasteiger partial charge in [0.25, 0.3) is 5.91 Å². The van der Waals surface area contributed by atoms with Crippen LogP contribution in [0.1, 0.15) is 73.4 Å². The van der Waals surface area contributed by atoms with E-state index in [1.54, 1.807) is 45.9 Å². The van der Waals surface area contributed by atoms with Crippen molar-refractivity contribution in [3.8, 4) is 11.5 Å². The SMILES string of the molecule is CO[C@H]1/C=C/O[C@@]2(C)Oc3c(C)c(O)c4c(=O)c(c5oc6cc(N7CCN(CC(C)C)CC7)cc(=O)c6nc5c4c3=C2O)NC(=O)/C(C)=C\C=C\[C@H](C)[C@H](O)[C@@H](C)[C@@H](O)[C@@H](C)[C@H](OC(C)=O)[C@@H]1C.N[C@@H](Cc1c[nH]c2ccccc12)C(=O)O. The Morgan fingerprint density at radius 3 is 2.30 bits per heavy atom. The lowest BCUT2D eigenvalue weighted by molar-refractivity contribution is -0.160. The van der Waals surface area contributed by atoms with E-state index in [-0.39, 0.29) is 60.8 Å². The number of phenols is 1. The summed E-state index contributed by atoms with van der Waals surface area (Å²) < 4.78 is 30.5. The molecule has 3 aliphatic heterocycles. The number of aliphatic hydroxyl groups is 3. The van der Waals surface area contributed by atoms with Crippen LogP contribution in [0.2, 0.25) is 0 Å². The van der Waals surface area contributed by atoms with E-state index < -0.39 is 100 Å². The molecule has 21 nitrogen and oxygen atoms in total. The Kier molecular flexibility index (Phi) is 18.4. The lowest BCUT2D eigenvalue weighted by Crippen LogP contribution is -2.47. The number of allylic oxidation sites excluding steroid dienone is 2. The maximum Gasteiger partial charge on any atom is 0.320 e. The average molecular weight is 1150 g/mol. The van der Waals surface area contributed by atoms with E-state index in [1.165, 1.54) is 59.3 Å². The number of H-pyrrole nitrogens is 1. The predicted molar refractivity (Wildman–Crippen MR) is 316 cm³/mol. The standard InChI is InChI=1S/C51H64N4O13.C11H12N2O2/c1-24(2)23-54-16-18-55(19-17-54)32-21-33(57)39-35(22-32)67-48-40(52-39)36-37-44(60)30(8)47-38(36)49(62)51(10,68-47)65-20-15-34(64-11)27(5)46(66-31(9)56)29(7)43(59)28(6)42(58)25(3)13-12-14-26(4)50(63)53-41(48)45(37)61;12-9(11(14)15)5-7-6-13-10-4-2-1-3-8(7)10/h12-15,20-22,24-25,27-29,34,42-43,46,58-60,62H,16-19,23H2,1-11H3,(H,53,63);1-4,6,9,13H,5,12H2,(H,14,15)/b13-12+,20-15+,26-14-;/t25-,27+,28+,29+,34-,42-,43+,46+,51-;9-/m00/s1. The van der Waals surface area contributed by atoms with Gasteiger partial charge in [-0.15, -0.1) is 0 Å². The highest BCUT2D eigenvalue weighted by Gasteiger charge is 2.44. The number of para-hydroxylation sites is 1. The van der Waals surface area contributed by atoms with E-state index in [0.29, 0.717) is 31.1 Å². The van der Waals surface area contributed by atoms with Crippen LogP contribution in [0.4, 0.5) is 11.4 Å². The molecule has 0 spiro atoms. The molecule has 4 aromatic carbocycles. The predicted octanol–water partition coefficient (Wildman–Crippen LogP) is 6.46. The highest BCUT2D eigenvalue weighted by Crippen LogP contribution is 2.42. The van der Waals surface area contributed by atoms with Crippen molar-refractivity contribution in [1.29, 1.82) is 0 Å². The van der Waals surface area contributed by atoms with Crippen LogP contribution in [0.15, 0.2) is 92.7 Å². The lowest BCUT2D eigenvalue weighted by Gasteiger charge is -2.38. The summed E-state index contributed by atoms with van der Waals surface area (Å²) in [4.78, 5) is 78.4. The molecule has 83 heavy (non-hydrogen) atoms. The van der Waals surface area contributed by atoms with E-state index in [4.69, 9.17) is 39.2 Å². The molecule has 1 saturated heterocycles. The van der Waals surface area contributed by atoms with Crippen molar-refractivity contribution < 1.29 is 63.3 Å². The quantitative estimate of drug-likeness (QED) is 0.0460. The number of rotatable bonds is 8. The van der Waals surface area contributed by atoms with Gasteiger partial charge in [0.2, 0.25) is 10.9 Å². The molecule has 4 bridgehead atoms. The number of esters is 1. The van der Waals surface area contributed by atoms with Crippen molar-refractivity contribution in [3.05, 3.63) is 116 Å². The van der Waals surface area contributed by atoms with Gasteiger partial charge in [-0.25, -0.2) is 4.98 Å². The Balaban J connectivity index is 0.000000517. The Labute approximate surface area is 479 Å². The number of carbonyl (C=O) groups excluding carboxylic acids is 2. The number of aliphatic carboxylic acids is 1. The van der Waals surface area contributed by atoms with E-state index in [1.807, 2.05) is 30.5 Å². The van der Waals surface area contributed by atoms with Gasteiger partial charge in [-0.05, 0) is 37.5 Å². The summed E-state index contributed by atoms with van der Waals surface area (Å²) in [7, 11) is 1.45. The number of nitrogens with one attached hydrogen (secondary N) is 2. The fourth-order valence-electron chi connectivity index (χ4n) is 11.4. The number of ether oxygens (including phenoxy) is 4. The molecule has 444 valence electrons. The number of hydrogen-bond acceptors (Lipinski definition) is 18. The molecule has 6 aromatic rings. The number of nitrogens with two attached hydrogens (primary N) is 1. The molecule has 1 fully saturated rings. The number of phenolic OH excluding ortho intramolecular Hbond substituents is 1. The van der Waals surface area contributed by atoms with Crippen molar-refractivity contribution in [2.24, 2.45) is 35.3 Å². The Bertz CT molecular complexity index is 3730. The molecule has 5 heterocycles. The minimum atomic E-state index is -1.98. The number of benzene rings is 4. The molecule has 0 saturated carbocycles. The third kappa shape index (κ3) is 12.5. The molecule has 21 heteroatoms. The summed E-state index contributed by atoms with van der Waals surface area (Å²) >= 11 is 0. The number of aromatic nitrogens is 2. The fourth-order valence-corrected chi connectivity index (χ4v) is 11.4. The first kappa shape index (κ1) is 61.3. The van der Waals surface area contributed by atoms with Gasteiger partial charge in [-0.3, -0.25) is 28.9 Å². The third-order valence-electron chi connectivity index (χ3n) is 16.2. The number of piperazine rings is 1. The third-order valence-corrected chi connectivity index (χ3v) is 16.2. The minimum Gasteiger partial charge on any atom is -0.507 e. The summed E-state index contributed by atoms with van der Waals surface area (Å²) in [6.45, 7) is 20.8. The van der Waals surface area contributed by atoms with Crippen LogP contribution in [0.3, 0.4) is 0 Å². The van der Waals surface area contributed by atoms with Gasteiger partial charge in [0.1, 0.15) is 34.8 Å². The average Bonchev–Trinajstić information content (AvgIpc) is 3.46. The first-order valence-electron chi connectivity index (χ1n) is 27.9. The number of methoxy groups -OCH3 is 1. The van der Waals surface area contributed by atoms with Gasteiger partial charge in [-0.1, -0.05) is 78.0 Å². The summed E-state index contributed by atoms with van der Waals surface area (Å²) in [5.41, 5.74) is 6.09. The number of carbonyl (C=O) groups is 3. The second-order valence-electron chi connectivity index (χ2n) is 22.7. The van der Waals surface area contributed by atoms with E-state index in [2.05, 4.69) is 33.9 Å². The summed E-state index contributed by atoms with van der Waals surface area (Å²) in [6.07, 6.45) is 5.73. The highest BCUT2D eigenvalue weighted by molar-refractivity contribution is 6.17. The fraction of sp³-hybridized carbons (Fsp3) is 0.452. The van der Waals surface area contributed by atoms with Crippen molar-refractivity contribution >= 4 is 78.9 Å². The minimum absolute atomic E-state index is 0.0390. The first-order valence-corrected chi connectivity index (χ1v) is 27.9. The number of aromatic hydroxyl groups is 1. The monoisotopic (exact) mass is 1140 g/mol. The molecular formula is C62H76N6O15. The zero-order valence-corrected chi connectivity index (χ0v) is 48.7. The number of hydrogen-bond donors (Lipinski definition) is 8. The van der Waals surface area contributed by atoms with Gasteiger partial charge < -0.3 is 69.8 Å². The molecule has 2 aromatic heterocycles. The molecule has 10 atom stereocenters. The molecule has 0 unspecified atom stereocenters. The highest BCUT2D eigenvalue weighted by atomic mass is 16.7. The largest absolute Gasteiger partial charge is 0.507 e. The van der Waals surface area contributed by atoms with Gasteiger partial charge in [0.05, 0.1) is 35.2 Å². The summed E-state index contributed by atoms with van der Waals surface area (Å²) in [5.74, 6) is -7.40. The zero-order chi connectivity index (χ0) is 60.5. The van der Waals surface area contributed by atoms with Gasteiger partial charge in [0.15, 0.2) is 22.4 Å². The maximum absolute atomic E-state index is 14.9. The Morgan fingerprint density at radius 1 is 0.940 bits per heavy atom. The van der Waals surface area contributed by atoms with Gasteiger partial charge >= 0.3 is 17.7 Å². The molecule has 3 aliphatic rings. The Morgan fingerprint density at radius 2 is 1.64 bits per heavy atom. The van der Waals surface area contributed by atoms with Crippen molar-refractivity contribution in [1.82, 2.24) is 14.9 Å². The van der Waals surface area contributed by atoms with Crippen LogP contribution in [0, 0.1) is 36.5 Å². The zero-order valence-electron chi connectivity index (χ0n) is 48.7. The lowest BCUT2D eigenvalue weighted by atomic mass is 9.78. The number of carboxylic acid groups (broad SMARTS) is 1. The number of aliphatic hydroxyl groups excluding tert-OH is 3. The molecule has 1 amide bonds. The number of nitrogens with zero attached hydrogens (tertiary/aromatic N) is 3. The first-order chi connectivity index (χ1) is 39.3. The van der Waals surface area contributed by atoms with E-state index >= 15 is 0 Å². The number of carboxylic acids is 1. The molecule has 9 rings (SSSR count). The molecular weight excluding hydrogens is 1070 g/mol. The number of amides is 1. The van der Waals surface area contributed by atoms with Crippen molar-refractivity contribution in [3.63, 3.8) is 0 Å². The number of aromatic amines is 1. The van der Waals surface area contributed by atoms with Gasteiger partial charge in [-0.2, -0.15) is 0 Å². The summed E-state index contributed by atoms with van der Waals surface area (Å²) in [5, 5.41) is 59.1. The van der Waals surface area contributed by atoms with Crippen LogP contribution in [-0.4, -0.2) is 134 Å². The van der Waals surface area contributed by atoms with Crippen LogP contribution in [0.5, 0.6) is 11.5 Å². The maximum atomic E-state index is 14.9. The topological polar surface area (TPSA) is 310 Å². The second kappa shape index (κ2) is 25.0. The van der Waals surface area contributed by atoms with Crippen LogP contribution in [-0.2, 0) is 35.0 Å². The molecule has 0 aliphatic carbocycles. The normalized spacial score (nSPS) is 26.5. The smallest absolute Gasteiger partial charge is 0.320 e. The number of anilines is 2. The Hall–Kier alpha value is -7.82. The van der Waals surface area contributed by atoms with E-state index in [0.717, 1.165) is 36.1 Å². The van der Waals surface area contributed by atoms with Crippen LogP contribution < -0.4 is 36.8 Å². The van der Waals surface area contributed by atoms with Crippen LogP contribution >= 0.6 is 0 Å².